The monoisotopic (exact) mass is 571 g/mol. The lowest BCUT2D eigenvalue weighted by Crippen LogP contribution is -2.24. The summed E-state index contributed by atoms with van der Waals surface area (Å²) in [6, 6.07) is 1.55. The number of nitrogens with one attached hydrogen (secondary N) is 1. The first-order valence-electron chi connectivity index (χ1n) is 4.05. The zero-order valence-corrected chi connectivity index (χ0v) is 14.4. The number of rotatable bonds is 3. The summed E-state index contributed by atoms with van der Waals surface area (Å²) in [4.78, 5) is 32.9. The molecule has 90 valence electrons. The van der Waals surface area contributed by atoms with Crippen LogP contribution in [0.15, 0.2) is 6.07 Å². The number of carbonyl (C=O) groups excluding carboxylic acids is 2. The van der Waals surface area contributed by atoms with E-state index in [0.717, 1.165) is 0 Å². The lowest BCUT2D eigenvalue weighted by Gasteiger charge is -2.09. The van der Waals surface area contributed by atoms with E-state index in [1.807, 2.05) is 50.5 Å². The highest BCUT2D eigenvalue weighted by Crippen LogP contribution is 2.27. The van der Waals surface area contributed by atoms with Crippen LogP contribution in [0.3, 0.4) is 0 Å². The number of hydrogen-bond donors (Lipinski definition) is 2. The molecule has 17 heavy (non-hydrogen) atoms. The average Bonchev–Trinajstić information content (AvgIpc) is 2.23. The molecule has 0 fully saturated rings. The molecule has 1 rings (SSSR count). The van der Waals surface area contributed by atoms with E-state index in [2.05, 4.69) is 0 Å². The summed E-state index contributed by atoms with van der Waals surface area (Å²) in [5, 5.41) is 11.1. The van der Waals surface area contributed by atoms with Gasteiger partial charge in [-0.3, -0.25) is 14.9 Å². The Hall–Kier alpha value is 0.0200. The van der Waals surface area contributed by atoms with Crippen molar-refractivity contribution in [2.24, 2.45) is 0 Å². The van der Waals surface area contributed by atoms with Crippen LogP contribution in [0.25, 0.3) is 0 Å². The summed E-state index contributed by atoms with van der Waals surface area (Å²) in [6.45, 7) is 0. The summed E-state index contributed by atoms with van der Waals surface area (Å²) in [5.41, 5.74) is 0.258. The number of carbonyl (C=O) groups is 3. The maximum Gasteiger partial charge on any atom is 0.337 e. The number of hydrogen-bond acceptors (Lipinski definition) is 3. The summed E-state index contributed by atoms with van der Waals surface area (Å²) in [6.07, 6.45) is 0.268. The molecule has 8 heteroatoms. The molecule has 1 aromatic rings. The number of carboxylic acid groups (broad SMARTS) is 1. The van der Waals surface area contributed by atoms with E-state index < -0.39 is 11.9 Å². The predicted molar refractivity (Wildman–Crippen MR) is 85.1 cm³/mol. The third kappa shape index (κ3) is 3.27. The summed E-state index contributed by atoms with van der Waals surface area (Å²) >= 11 is 5.65. The van der Waals surface area contributed by atoms with Gasteiger partial charge in [0.2, 0.25) is 6.41 Å². The second kappa shape index (κ2) is 6.26. The predicted octanol–water partition coefficient (Wildman–Crippen LogP) is 2.08. The van der Waals surface area contributed by atoms with Crippen LogP contribution in [0.2, 0.25) is 0 Å². The van der Waals surface area contributed by atoms with Gasteiger partial charge in [-0.15, -0.1) is 0 Å². The Kier molecular flexibility index (Phi) is 5.56. The molecule has 0 aliphatic carbocycles. The largest absolute Gasteiger partial charge is 0.478 e. The van der Waals surface area contributed by atoms with Crippen molar-refractivity contribution < 1.29 is 19.5 Å². The van der Waals surface area contributed by atoms with Gasteiger partial charge in [-0.2, -0.15) is 0 Å². The average molecular weight is 571 g/mol. The van der Waals surface area contributed by atoms with Crippen LogP contribution in [0.4, 0.5) is 0 Å². The van der Waals surface area contributed by atoms with Crippen LogP contribution in [-0.4, -0.2) is 23.4 Å². The second-order valence-electron chi connectivity index (χ2n) is 2.81. The maximum absolute atomic E-state index is 11.6. The molecule has 5 nitrogen and oxygen atoms in total. The Balaban J connectivity index is 3.49. The Bertz CT molecular complexity index is 515. The van der Waals surface area contributed by atoms with Crippen molar-refractivity contribution in [3.8, 4) is 0 Å². The van der Waals surface area contributed by atoms with Gasteiger partial charge in [0.25, 0.3) is 5.91 Å². The molecule has 2 amide bonds. The molecule has 0 bridgehead atoms. The summed E-state index contributed by atoms with van der Waals surface area (Å²) in [7, 11) is 0. The number of amides is 2. The molecule has 0 aliphatic rings. The molecule has 0 saturated carbocycles. The van der Waals surface area contributed by atoms with E-state index >= 15 is 0 Å². The maximum atomic E-state index is 11.6. The zero-order valence-electron chi connectivity index (χ0n) is 7.96. The molecule has 0 heterocycles. The van der Waals surface area contributed by atoms with Crippen LogP contribution < -0.4 is 5.32 Å². The van der Waals surface area contributed by atoms with E-state index in [1.54, 1.807) is 28.7 Å². The highest BCUT2D eigenvalue weighted by Gasteiger charge is 2.22. The fourth-order valence-electron chi connectivity index (χ4n) is 1.09. The van der Waals surface area contributed by atoms with Gasteiger partial charge in [0, 0.05) is 10.7 Å². The minimum absolute atomic E-state index is 0.0779. The third-order valence-electron chi connectivity index (χ3n) is 1.80. The molecule has 0 radical (unpaired) electrons. The summed E-state index contributed by atoms with van der Waals surface area (Å²) < 4.78 is 1.54. The van der Waals surface area contributed by atoms with Crippen LogP contribution in [-0.2, 0) is 4.79 Å². The molecule has 0 aromatic heterocycles. The van der Waals surface area contributed by atoms with Crippen molar-refractivity contribution in [3.05, 3.63) is 27.9 Å². The molecule has 1 aromatic carbocycles. The molecular weight excluding hydrogens is 567 g/mol. The topological polar surface area (TPSA) is 83.5 Å². The number of halogens is 3. The Labute approximate surface area is 137 Å². The Morgan fingerprint density at radius 3 is 2.29 bits per heavy atom. The zero-order chi connectivity index (χ0) is 13.2. The fourth-order valence-corrected chi connectivity index (χ4v) is 3.74. The minimum atomic E-state index is -1.10. The van der Waals surface area contributed by atoms with E-state index in [9.17, 15) is 14.4 Å². The van der Waals surface area contributed by atoms with Gasteiger partial charge in [-0.1, -0.05) is 0 Å². The molecule has 2 N–H and O–H groups in total. The lowest BCUT2D eigenvalue weighted by atomic mass is 10.1. The fraction of sp³-hybridized carbons (Fsp3) is 0. The molecule has 0 unspecified atom stereocenters. The molecule has 0 spiro atoms. The SMILES string of the molecule is O=CNC(=O)c1cc(I)c(I)c(C(=O)O)c1I. The van der Waals surface area contributed by atoms with Crippen LogP contribution in [0, 0.1) is 10.7 Å². The van der Waals surface area contributed by atoms with Gasteiger partial charge in [0.1, 0.15) is 0 Å². The van der Waals surface area contributed by atoms with Gasteiger partial charge in [-0.25, -0.2) is 4.79 Å². The lowest BCUT2D eigenvalue weighted by molar-refractivity contribution is -0.108. The van der Waals surface area contributed by atoms with Crippen molar-refractivity contribution in [2.45, 2.75) is 0 Å². The first kappa shape index (κ1) is 15.1. The van der Waals surface area contributed by atoms with Crippen molar-refractivity contribution in [1.82, 2.24) is 5.32 Å². The number of benzene rings is 1. The minimum Gasteiger partial charge on any atom is -0.478 e. The Morgan fingerprint density at radius 2 is 1.82 bits per heavy atom. The molecule has 0 aliphatic heterocycles. The van der Waals surface area contributed by atoms with Crippen molar-refractivity contribution in [3.63, 3.8) is 0 Å². The third-order valence-corrected chi connectivity index (χ3v) is 5.93. The van der Waals surface area contributed by atoms with Gasteiger partial charge in [0.05, 0.1) is 11.1 Å². The normalized spacial score (nSPS) is 9.82. The Morgan fingerprint density at radius 1 is 1.24 bits per heavy atom. The van der Waals surface area contributed by atoms with Gasteiger partial charge >= 0.3 is 5.97 Å². The smallest absolute Gasteiger partial charge is 0.337 e. The quantitative estimate of drug-likeness (QED) is 0.331. The van der Waals surface area contributed by atoms with Crippen molar-refractivity contribution in [1.29, 1.82) is 0 Å². The standard InChI is InChI=1S/C9H4I3NO4/c10-4-1-3(8(15)13-2-14)6(11)5(7(4)12)9(16)17/h1-2H,(H,16,17)(H,13,14,15). The van der Waals surface area contributed by atoms with Crippen LogP contribution in [0.1, 0.15) is 20.7 Å². The van der Waals surface area contributed by atoms with E-state index in [-0.39, 0.29) is 17.5 Å². The van der Waals surface area contributed by atoms with Gasteiger partial charge < -0.3 is 5.11 Å². The van der Waals surface area contributed by atoms with E-state index in [4.69, 9.17) is 5.11 Å². The molecular formula is C9H4I3NO4. The van der Waals surface area contributed by atoms with Crippen molar-refractivity contribution in [2.75, 3.05) is 0 Å². The van der Waals surface area contributed by atoms with Crippen LogP contribution in [0.5, 0.6) is 0 Å². The van der Waals surface area contributed by atoms with E-state index in [0.29, 0.717) is 10.7 Å². The van der Waals surface area contributed by atoms with E-state index in [1.165, 1.54) is 0 Å². The number of aromatic carboxylic acids is 1. The summed E-state index contributed by atoms with van der Waals surface area (Å²) in [5.74, 6) is -1.71. The van der Waals surface area contributed by atoms with Gasteiger partial charge in [-0.05, 0) is 73.8 Å². The molecule has 0 saturated heterocycles. The first-order chi connectivity index (χ1) is 7.90. The number of imide groups is 1. The van der Waals surface area contributed by atoms with Gasteiger partial charge in [0.15, 0.2) is 0 Å². The van der Waals surface area contributed by atoms with Crippen LogP contribution >= 0.6 is 67.8 Å². The highest BCUT2D eigenvalue weighted by molar-refractivity contribution is 14.1. The number of carboxylic acids is 1. The van der Waals surface area contributed by atoms with Crippen molar-refractivity contribution >= 4 is 86.1 Å². The second-order valence-corrected chi connectivity index (χ2v) is 6.13. The first-order valence-corrected chi connectivity index (χ1v) is 7.29. The molecule has 0 atom stereocenters. The highest BCUT2D eigenvalue weighted by atomic mass is 127.